The second-order valence-corrected chi connectivity index (χ2v) is 11.9. The third kappa shape index (κ3) is 5.82. The van der Waals surface area contributed by atoms with Gasteiger partial charge in [0.2, 0.25) is 0 Å². The summed E-state index contributed by atoms with van der Waals surface area (Å²) >= 11 is 0. The lowest BCUT2D eigenvalue weighted by molar-refractivity contribution is 0.866. The molecule has 0 bridgehead atoms. The predicted molar refractivity (Wildman–Crippen MR) is 103 cm³/mol. The molecule has 0 amide bonds. The van der Waals surface area contributed by atoms with Gasteiger partial charge in [-0.3, -0.25) is 0 Å². The first kappa shape index (κ1) is 17.1. The summed E-state index contributed by atoms with van der Waals surface area (Å²) in [6.07, 6.45) is 0. The molecule has 1 heteroatoms. The van der Waals surface area contributed by atoms with Crippen molar-refractivity contribution in [3.8, 4) is 23.3 Å². The first-order valence-corrected chi connectivity index (χ1v) is 11.6. The highest BCUT2D eigenvalue weighted by Crippen LogP contribution is 2.14. The lowest BCUT2D eigenvalue weighted by Gasteiger charge is -2.03. The average molecular weight is 317 g/mol. The Morgan fingerprint density at radius 2 is 1.04 bits per heavy atom. The monoisotopic (exact) mass is 316 g/mol. The van der Waals surface area contributed by atoms with E-state index in [4.69, 9.17) is 0 Å². The molecule has 0 aliphatic carbocycles. The summed E-state index contributed by atoms with van der Waals surface area (Å²) in [5.41, 5.74) is 7.88. The van der Waals surface area contributed by atoms with Crippen molar-refractivity contribution in [3.63, 3.8) is 0 Å². The fraction of sp³-hybridized carbons (Fsp3) is 0.273. The third-order valence-electron chi connectivity index (χ3n) is 3.40. The molecular weight excluding hydrogens is 292 g/mol. The molecule has 0 fully saturated rings. The molecule has 116 valence electrons. The van der Waals surface area contributed by atoms with Gasteiger partial charge in [-0.15, -0.1) is 5.54 Å². The van der Waals surface area contributed by atoms with Crippen molar-refractivity contribution in [2.24, 2.45) is 0 Å². The summed E-state index contributed by atoms with van der Waals surface area (Å²) in [6.45, 7) is 11.2. The normalized spacial score (nSPS) is 10.5. The third-order valence-corrected chi connectivity index (χ3v) is 4.27. The highest BCUT2D eigenvalue weighted by atomic mass is 28.3. The Balaban J connectivity index is 2.11. The van der Waals surface area contributed by atoms with Crippen LogP contribution in [-0.2, 0) is 0 Å². The molecule has 23 heavy (non-hydrogen) atoms. The average Bonchev–Trinajstić information content (AvgIpc) is 2.51. The molecule has 0 aliphatic rings. The fourth-order valence-electron chi connectivity index (χ4n) is 1.99. The first-order chi connectivity index (χ1) is 10.8. The number of benzene rings is 2. The van der Waals surface area contributed by atoms with Crippen LogP contribution in [0, 0.1) is 23.3 Å². The molecule has 0 saturated heterocycles. The van der Waals surface area contributed by atoms with Gasteiger partial charge in [0.1, 0.15) is 8.07 Å². The van der Waals surface area contributed by atoms with E-state index in [1.165, 1.54) is 5.56 Å². The standard InChI is InChI=1S/C22H24Si/c1-18(2)22-14-12-20(13-15-22)7-6-19-8-10-21(11-9-19)16-17-23(3,4)5/h8-15,18H,1-5H3. The van der Waals surface area contributed by atoms with E-state index in [0.29, 0.717) is 5.92 Å². The molecule has 0 nitrogen and oxygen atoms in total. The van der Waals surface area contributed by atoms with Crippen LogP contribution in [0.3, 0.4) is 0 Å². The van der Waals surface area contributed by atoms with E-state index >= 15 is 0 Å². The van der Waals surface area contributed by atoms with Gasteiger partial charge in [0.25, 0.3) is 0 Å². The van der Waals surface area contributed by atoms with Crippen LogP contribution in [0.4, 0.5) is 0 Å². The second-order valence-electron chi connectivity index (χ2n) is 7.10. The number of hydrogen-bond donors (Lipinski definition) is 0. The first-order valence-electron chi connectivity index (χ1n) is 8.09. The van der Waals surface area contributed by atoms with E-state index in [2.05, 4.69) is 93.2 Å². The van der Waals surface area contributed by atoms with Crippen LogP contribution in [-0.4, -0.2) is 8.07 Å². The van der Waals surface area contributed by atoms with Crippen LogP contribution in [0.2, 0.25) is 19.6 Å². The van der Waals surface area contributed by atoms with Crippen molar-refractivity contribution < 1.29 is 0 Å². The van der Waals surface area contributed by atoms with E-state index in [-0.39, 0.29) is 0 Å². The van der Waals surface area contributed by atoms with Gasteiger partial charge < -0.3 is 0 Å². The highest BCUT2D eigenvalue weighted by Gasteiger charge is 2.07. The fourth-order valence-corrected chi connectivity index (χ4v) is 2.51. The van der Waals surface area contributed by atoms with Crippen molar-refractivity contribution >= 4 is 8.07 Å². The van der Waals surface area contributed by atoms with Crippen LogP contribution in [0.1, 0.15) is 42.0 Å². The Hall–Kier alpha value is -2.22. The van der Waals surface area contributed by atoms with Gasteiger partial charge in [0.15, 0.2) is 0 Å². The lowest BCUT2D eigenvalue weighted by atomic mass is 10.0. The topological polar surface area (TPSA) is 0 Å². The summed E-state index contributed by atoms with van der Waals surface area (Å²) in [7, 11) is -1.31. The molecule has 0 aliphatic heterocycles. The van der Waals surface area contributed by atoms with Crippen molar-refractivity contribution in [2.45, 2.75) is 39.4 Å². The molecule has 2 rings (SSSR count). The Labute approximate surface area is 142 Å². The zero-order chi connectivity index (χ0) is 16.9. The largest absolute Gasteiger partial charge is 0.129 e. The lowest BCUT2D eigenvalue weighted by Crippen LogP contribution is -2.16. The minimum absolute atomic E-state index is 0.557. The molecule has 0 spiro atoms. The van der Waals surface area contributed by atoms with Crippen LogP contribution in [0.5, 0.6) is 0 Å². The predicted octanol–water partition coefficient (Wildman–Crippen LogP) is 5.44. The molecule has 0 unspecified atom stereocenters. The smallest absolute Gasteiger partial charge is 0.127 e. The quantitative estimate of drug-likeness (QED) is 0.485. The van der Waals surface area contributed by atoms with Gasteiger partial charge in [-0.05, 0) is 47.9 Å². The highest BCUT2D eigenvalue weighted by molar-refractivity contribution is 6.83. The van der Waals surface area contributed by atoms with E-state index in [0.717, 1.165) is 16.7 Å². The summed E-state index contributed by atoms with van der Waals surface area (Å²) in [6, 6.07) is 16.7. The van der Waals surface area contributed by atoms with E-state index in [9.17, 15) is 0 Å². The van der Waals surface area contributed by atoms with E-state index in [1.54, 1.807) is 0 Å². The Kier molecular flexibility index (Phi) is 5.48. The number of hydrogen-bond acceptors (Lipinski definition) is 0. The molecule has 0 saturated carbocycles. The van der Waals surface area contributed by atoms with Crippen LogP contribution in [0.15, 0.2) is 48.5 Å². The molecule has 2 aromatic carbocycles. The molecule has 0 N–H and O–H groups in total. The molecule has 0 aromatic heterocycles. The zero-order valence-corrected chi connectivity index (χ0v) is 15.7. The summed E-state index contributed by atoms with van der Waals surface area (Å²) < 4.78 is 0. The molecule has 0 radical (unpaired) electrons. The van der Waals surface area contributed by atoms with E-state index < -0.39 is 8.07 Å². The zero-order valence-electron chi connectivity index (χ0n) is 14.7. The van der Waals surface area contributed by atoms with Gasteiger partial charge in [-0.2, -0.15) is 0 Å². The van der Waals surface area contributed by atoms with Gasteiger partial charge in [0, 0.05) is 16.7 Å². The van der Waals surface area contributed by atoms with Crippen molar-refractivity contribution in [3.05, 3.63) is 70.8 Å². The second kappa shape index (κ2) is 7.36. The molecule has 0 heterocycles. The van der Waals surface area contributed by atoms with Gasteiger partial charge in [0.05, 0.1) is 0 Å². The summed E-state index contributed by atoms with van der Waals surface area (Å²) in [5, 5.41) is 0. The SMILES string of the molecule is CC(C)c1ccc(C#Cc2ccc(C#C[Si](C)(C)C)cc2)cc1. The number of rotatable bonds is 1. The van der Waals surface area contributed by atoms with Crippen molar-refractivity contribution in [2.75, 3.05) is 0 Å². The minimum Gasteiger partial charge on any atom is -0.127 e. The molecule has 2 aromatic rings. The van der Waals surface area contributed by atoms with Crippen LogP contribution < -0.4 is 0 Å². The summed E-state index contributed by atoms with van der Waals surface area (Å²) in [4.78, 5) is 0. The van der Waals surface area contributed by atoms with Crippen molar-refractivity contribution in [1.29, 1.82) is 0 Å². The molecule has 0 atom stereocenters. The Morgan fingerprint density at radius 3 is 1.43 bits per heavy atom. The Morgan fingerprint density at radius 1 is 0.652 bits per heavy atom. The van der Waals surface area contributed by atoms with Crippen LogP contribution in [0.25, 0.3) is 0 Å². The Bertz CT molecular complexity index is 765. The van der Waals surface area contributed by atoms with E-state index in [1.807, 2.05) is 12.1 Å². The van der Waals surface area contributed by atoms with Gasteiger partial charge >= 0.3 is 0 Å². The van der Waals surface area contributed by atoms with Gasteiger partial charge in [-0.1, -0.05) is 63.4 Å². The van der Waals surface area contributed by atoms with Gasteiger partial charge in [-0.25, -0.2) is 0 Å². The molecular formula is C22H24Si. The maximum atomic E-state index is 3.38. The van der Waals surface area contributed by atoms with Crippen molar-refractivity contribution in [1.82, 2.24) is 0 Å². The van der Waals surface area contributed by atoms with Crippen LogP contribution >= 0.6 is 0 Å². The minimum atomic E-state index is -1.31. The summed E-state index contributed by atoms with van der Waals surface area (Å²) in [5.74, 6) is 10.3. The maximum absolute atomic E-state index is 3.38. The maximum Gasteiger partial charge on any atom is 0.129 e.